The smallest absolute Gasteiger partial charge is 0.0755 e. The van der Waals surface area contributed by atoms with E-state index < -0.39 is 6.10 Å². The van der Waals surface area contributed by atoms with Crippen molar-refractivity contribution < 1.29 is 5.11 Å². The highest BCUT2D eigenvalue weighted by Gasteiger charge is 2.13. The Morgan fingerprint density at radius 1 is 1.50 bits per heavy atom. The molecule has 0 rings (SSSR count). The molecule has 1 heteroatoms. The van der Waals surface area contributed by atoms with Crippen molar-refractivity contribution >= 4 is 0 Å². The monoisotopic (exact) mass is 168 g/mol. The highest BCUT2D eigenvalue weighted by atomic mass is 16.3. The Kier molecular flexibility index (Phi) is 4.25. The molecule has 0 heterocycles. The minimum absolute atomic E-state index is 0.262. The molecular formula is C11H20O. The first-order valence-corrected chi connectivity index (χ1v) is 4.32. The third kappa shape index (κ3) is 6.17. The fourth-order valence-electron chi connectivity index (χ4n) is 1.20. The summed E-state index contributed by atoms with van der Waals surface area (Å²) in [6.07, 6.45) is 2.71. The van der Waals surface area contributed by atoms with Gasteiger partial charge in [-0.05, 0) is 18.3 Å². The highest BCUT2D eigenvalue weighted by Crippen LogP contribution is 2.25. The van der Waals surface area contributed by atoms with Gasteiger partial charge < -0.3 is 5.11 Å². The second kappa shape index (κ2) is 4.46. The molecule has 1 unspecified atom stereocenters. The second-order valence-electron chi connectivity index (χ2n) is 4.49. The summed E-state index contributed by atoms with van der Waals surface area (Å²) < 4.78 is 0. The lowest BCUT2D eigenvalue weighted by atomic mass is 9.87. The molecule has 1 nitrogen and oxygen atoms in total. The summed E-state index contributed by atoms with van der Waals surface area (Å²) in [5.41, 5.74) is 1.35. The van der Waals surface area contributed by atoms with Crippen molar-refractivity contribution in [1.82, 2.24) is 0 Å². The van der Waals surface area contributed by atoms with Gasteiger partial charge in [0.2, 0.25) is 0 Å². The molecule has 0 aromatic heterocycles. The van der Waals surface area contributed by atoms with Gasteiger partial charge in [0, 0.05) is 0 Å². The zero-order chi connectivity index (χ0) is 9.78. The summed E-state index contributed by atoms with van der Waals surface area (Å²) in [4.78, 5) is 0. The summed E-state index contributed by atoms with van der Waals surface area (Å²) in [6.45, 7) is 13.9. The van der Waals surface area contributed by atoms with E-state index in [0.29, 0.717) is 6.42 Å². The molecule has 0 aromatic rings. The summed E-state index contributed by atoms with van der Waals surface area (Å²) in [6, 6.07) is 0. The number of hydrogen-bond acceptors (Lipinski definition) is 1. The number of rotatable bonds is 4. The molecule has 0 radical (unpaired) electrons. The topological polar surface area (TPSA) is 20.2 Å². The predicted octanol–water partition coefficient (Wildman–Crippen LogP) is 2.92. The van der Waals surface area contributed by atoms with Gasteiger partial charge in [0.05, 0.1) is 6.10 Å². The van der Waals surface area contributed by atoms with E-state index >= 15 is 0 Å². The van der Waals surface area contributed by atoms with Crippen LogP contribution in [0.3, 0.4) is 0 Å². The molecule has 1 N–H and O–H groups in total. The first-order chi connectivity index (χ1) is 5.35. The van der Waals surface area contributed by atoms with E-state index in [2.05, 4.69) is 33.9 Å². The number of aliphatic hydroxyl groups excluding tert-OH is 1. The number of aliphatic hydroxyl groups is 1. The Balaban J connectivity index is 3.82. The maximum atomic E-state index is 9.25. The molecule has 0 saturated carbocycles. The minimum atomic E-state index is -0.431. The Bertz CT molecular complexity index is 162. The van der Waals surface area contributed by atoms with E-state index in [1.165, 1.54) is 0 Å². The van der Waals surface area contributed by atoms with E-state index in [9.17, 15) is 5.11 Å². The lowest BCUT2D eigenvalue weighted by molar-refractivity contribution is 0.220. The molecule has 0 spiro atoms. The first kappa shape index (κ1) is 11.4. The van der Waals surface area contributed by atoms with E-state index in [1.807, 2.05) is 0 Å². The van der Waals surface area contributed by atoms with Gasteiger partial charge in [-0.3, -0.25) is 0 Å². The number of hydrogen-bond donors (Lipinski definition) is 1. The third-order valence-corrected chi connectivity index (χ3v) is 1.55. The maximum Gasteiger partial charge on any atom is 0.0755 e. The molecule has 0 saturated heterocycles. The van der Waals surface area contributed by atoms with Crippen LogP contribution in [0.15, 0.2) is 24.8 Å². The van der Waals surface area contributed by atoms with Crippen LogP contribution in [0.4, 0.5) is 0 Å². The van der Waals surface area contributed by atoms with Crippen LogP contribution in [0.2, 0.25) is 0 Å². The van der Waals surface area contributed by atoms with Crippen LogP contribution in [0, 0.1) is 5.41 Å². The molecule has 0 aliphatic heterocycles. The van der Waals surface area contributed by atoms with Crippen LogP contribution in [0.1, 0.15) is 33.6 Å². The van der Waals surface area contributed by atoms with E-state index in [0.717, 1.165) is 12.0 Å². The quantitative estimate of drug-likeness (QED) is 0.640. The van der Waals surface area contributed by atoms with Crippen molar-refractivity contribution in [3.05, 3.63) is 24.8 Å². The Morgan fingerprint density at radius 2 is 2.00 bits per heavy atom. The second-order valence-corrected chi connectivity index (χ2v) is 4.49. The lowest BCUT2D eigenvalue weighted by Gasteiger charge is -2.20. The van der Waals surface area contributed by atoms with Gasteiger partial charge in [-0.25, -0.2) is 0 Å². The Labute approximate surface area is 75.8 Å². The van der Waals surface area contributed by atoms with Crippen LogP contribution in [-0.2, 0) is 0 Å². The molecule has 1 atom stereocenters. The Morgan fingerprint density at radius 3 is 2.33 bits per heavy atom. The lowest BCUT2D eigenvalue weighted by Crippen LogP contribution is -2.10. The van der Waals surface area contributed by atoms with Gasteiger partial charge in [0.1, 0.15) is 0 Å². The van der Waals surface area contributed by atoms with Crippen molar-refractivity contribution in [1.29, 1.82) is 0 Å². The van der Waals surface area contributed by atoms with Gasteiger partial charge >= 0.3 is 0 Å². The average Bonchev–Trinajstić information content (AvgIpc) is 1.82. The summed E-state index contributed by atoms with van der Waals surface area (Å²) in [5, 5.41) is 9.25. The van der Waals surface area contributed by atoms with E-state index in [-0.39, 0.29) is 5.41 Å². The molecule has 0 aliphatic carbocycles. The van der Waals surface area contributed by atoms with E-state index in [4.69, 9.17) is 0 Å². The van der Waals surface area contributed by atoms with Gasteiger partial charge in [0.15, 0.2) is 0 Å². The fraction of sp³-hybridized carbons (Fsp3) is 0.636. The molecule has 70 valence electrons. The van der Waals surface area contributed by atoms with Crippen molar-refractivity contribution in [2.24, 2.45) is 5.41 Å². The standard InChI is InChI=1S/C11H20O/c1-6-10(12)7-9(2)8-11(3,4)5/h6,10,12H,1-2,7-8H2,3-5H3. The molecule has 0 aromatic carbocycles. The van der Waals surface area contributed by atoms with Crippen LogP contribution in [0.25, 0.3) is 0 Å². The van der Waals surface area contributed by atoms with Gasteiger partial charge in [0.25, 0.3) is 0 Å². The summed E-state index contributed by atoms with van der Waals surface area (Å²) >= 11 is 0. The zero-order valence-corrected chi connectivity index (χ0v) is 8.43. The molecule has 0 fully saturated rings. The molecule has 0 amide bonds. The van der Waals surface area contributed by atoms with Crippen molar-refractivity contribution in [2.75, 3.05) is 0 Å². The molecular weight excluding hydrogens is 148 g/mol. The fourth-order valence-corrected chi connectivity index (χ4v) is 1.20. The maximum absolute atomic E-state index is 9.25. The van der Waals surface area contributed by atoms with Gasteiger partial charge in [-0.15, -0.1) is 6.58 Å². The first-order valence-electron chi connectivity index (χ1n) is 4.32. The minimum Gasteiger partial charge on any atom is -0.389 e. The predicted molar refractivity (Wildman–Crippen MR) is 54.0 cm³/mol. The van der Waals surface area contributed by atoms with E-state index in [1.54, 1.807) is 6.08 Å². The van der Waals surface area contributed by atoms with Crippen molar-refractivity contribution in [3.8, 4) is 0 Å². The molecule has 12 heavy (non-hydrogen) atoms. The third-order valence-electron chi connectivity index (χ3n) is 1.55. The largest absolute Gasteiger partial charge is 0.389 e. The zero-order valence-electron chi connectivity index (χ0n) is 8.43. The van der Waals surface area contributed by atoms with Gasteiger partial charge in [-0.2, -0.15) is 0 Å². The highest BCUT2D eigenvalue weighted by molar-refractivity contribution is 5.02. The average molecular weight is 168 g/mol. The van der Waals surface area contributed by atoms with Crippen LogP contribution >= 0.6 is 0 Å². The summed E-state index contributed by atoms with van der Waals surface area (Å²) in [5.74, 6) is 0. The normalized spacial score (nSPS) is 14.0. The van der Waals surface area contributed by atoms with Crippen molar-refractivity contribution in [3.63, 3.8) is 0 Å². The Hall–Kier alpha value is -0.560. The van der Waals surface area contributed by atoms with Crippen LogP contribution < -0.4 is 0 Å². The summed E-state index contributed by atoms with van der Waals surface area (Å²) in [7, 11) is 0. The van der Waals surface area contributed by atoms with Crippen molar-refractivity contribution in [2.45, 2.75) is 39.7 Å². The van der Waals surface area contributed by atoms with Crippen LogP contribution in [0.5, 0.6) is 0 Å². The molecule has 0 aliphatic rings. The SMILES string of the molecule is C=CC(O)CC(=C)CC(C)(C)C. The molecule has 0 bridgehead atoms. The van der Waals surface area contributed by atoms with Crippen LogP contribution in [-0.4, -0.2) is 11.2 Å². The van der Waals surface area contributed by atoms with Gasteiger partial charge in [-0.1, -0.05) is 39.0 Å².